The topological polar surface area (TPSA) is 106 Å². The summed E-state index contributed by atoms with van der Waals surface area (Å²) in [7, 11) is 3.21. The lowest BCUT2D eigenvalue weighted by Crippen LogP contribution is -2.39. The van der Waals surface area contributed by atoms with E-state index in [9.17, 15) is 14.7 Å². The number of nitrogens with one attached hydrogen (secondary N) is 1. The van der Waals surface area contributed by atoms with Crippen LogP contribution < -0.4 is 14.8 Å². The second-order valence-corrected chi connectivity index (χ2v) is 8.92. The highest BCUT2D eigenvalue weighted by atomic mass is 16.5. The van der Waals surface area contributed by atoms with Gasteiger partial charge in [-0.15, -0.1) is 0 Å². The molecular weight excluding hydrogens is 448 g/mol. The number of carbonyl (C=O) groups excluding carboxylic acids is 1. The standard InChI is InChI=1S/C26H38N4O5/c1-5-29(6-2)15-14-18(16-24(31)32)27-26(33)20-17-21(30(28-20)19-10-7-8-11-19)25-22(34-3)12-9-13-23(25)35-4/h9,12-13,17-19H,5-8,10-11,14-16H2,1-4H3,(H,27,33)(H,31,32). The number of methoxy groups -OCH3 is 2. The third-order valence-corrected chi connectivity index (χ3v) is 6.77. The zero-order chi connectivity index (χ0) is 25.4. The van der Waals surface area contributed by atoms with Crippen molar-refractivity contribution in [2.75, 3.05) is 33.9 Å². The van der Waals surface area contributed by atoms with E-state index in [0.29, 0.717) is 24.5 Å². The summed E-state index contributed by atoms with van der Waals surface area (Å²) in [5.74, 6) is -0.0368. The number of rotatable bonds is 13. The molecule has 0 saturated heterocycles. The quantitative estimate of drug-likeness (QED) is 0.441. The molecule has 1 unspecified atom stereocenters. The van der Waals surface area contributed by atoms with Crippen molar-refractivity contribution < 1.29 is 24.2 Å². The molecule has 1 fully saturated rings. The molecule has 2 aromatic rings. The molecule has 0 spiro atoms. The summed E-state index contributed by atoms with van der Waals surface area (Å²) in [6.07, 6.45) is 4.61. The Hall–Kier alpha value is -3.07. The van der Waals surface area contributed by atoms with Crippen LogP contribution in [0.3, 0.4) is 0 Å². The SMILES string of the molecule is CCN(CC)CCC(CC(=O)O)NC(=O)c1cc(-c2c(OC)cccc2OC)n(C2CCCC2)n1. The lowest BCUT2D eigenvalue weighted by atomic mass is 10.1. The summed E-state index contributed by atoms with van der Waals surface area (Å²) in [4.78, 5) is 27.0. The van der Waals surface area contributed by atoms with Gasteiger partial charge in [-0.3, -0.25) is 14.3 Å². The minimum Gasteiger partial charge on any atom is -0.496 e. The highest BCUT2D eigenvalue weighted by Crippen LogP contribution is 2.41. The molecule has 1 aliphatic rings. The molecule has 35 heavy (non-hydrogen) atoms. The fourth-order valence-corrected chi connectivity index (χ4v) is 4.80. The Morgan fingerprint density at radius 3 is 2.34 bits per heavy atom. The van der Waals surface area contributed by atoms with Crippen LogP contribution in [-0.2, 0) is 4.79 Å². The molecule has 1 aromatic heterocycles. The van der Waals surface area contributed by atoms with Crippen LogP contribution in [0.1, 0.15) is 68.9 Å². The van der Waals surface area contributed by atoms with Gasteiger partial charge in [0.2, 0.25) is 0 Å². The number of carboxylic acids is 1. The minimum absolute atomic E-state index is 0.135. The Morgan fingerprint density at radius 2 is 1.80 bits per heavy atom. The van der Waals surface area contributed by atoms with Crippen molar-refractivity contribution in [3.63, 3.8) is 0 Å². The van der Waals surface area contributed by atoms with E-state index in [0.717, 1.165) is 50.0 Å². The molecule has 0 radical (unpaired) electrons. The van der Waals surface area contributed by atoms with Gasteiger partial charge >= 0.3 is 5.97 Å². The predicted molar refractivity (Wildman–Crippen MR) is 134 cm³/mol. The van der Waals surface area contributed by atoms with Gasteiger partial charge in [-0.05, 0) is 50.6 Å². The lowest BCUT2D eigenvalue weighted by Gasteiger charge is -2.22. The minimum atomic E-state index is -0.939. The smallest absolute Gasteiger partial charge is 0.305 e. The van der Waals surface area contributed by atoms with E-state index >= 15 is 0 Å². The Morgan fingerprint density at radius 1 is 1.17 bits per heavy atom. The van der Waals surface area contributed by atoms with Crippen molar-refractivity contribution in [2.45, 2.75) is 64.5 Å². The first-order valence-corrected chi connectivity index (χ1v) is 12.5. The van der Waals surface area contributed by atoms with Crippen LogP contribution in [0.5, 0.6) is 11.5 Å². The molecule has 0 bridgehead atoms. The van der Waals surface area contributed by atoms with E-state index in [4.69, 9.17) is 14.6 Å². The molecule has 3 rings (SSSR count). The van der Waals surface area contributed by atoms with Gasteiger partial charge in [0.15, 0.2) is 5.69 Å². The van der Waals surface area contributed by atoms with E-state index in [-0.39, 0.29) is 24.1 Å². The Kier molecular flexibility index (Phi) is 9.54. The zero-order valence-electron chi connectivity index (χ0n) is 21.2. The van der Waals surface area contributed by atoms with Crippen molar-refractivity contribution in [3.05, 3.63) is 30.0 Å². The fraction of sp³-hybridized carbons (Fsp3) is 0.577. The van der Waals surface area contributed by atoms with Gasteiger partial charge in [-0.2, -0.15) is 5.10 Å². The van der Waals surface area contributed by atoms with Crippen molar-refractivity contribution >= 4 is 11.9 Å². The molecule has 9 nitrogen and oxygen atoms in total. The number of amides is 1. The van der Waals surface area contributed by atoms with E-state index in [1.807, 2.05) is 22.9 Å². The Balaban J connectivity index is 1.93. The monoisotopic (exact) mass is 486 g/mol. The molecule has 1 aromatic carbocycles. The normalized spacial score (nSPS) is 14.8. The molecule has 1 saturated carbocycles. The van der Waals surface area contributed by atoms with Crippen LogP contribution >= 0.6 is 0 Å². The van der Waals surface area contributed by atoms with Gasteiger partial charge in [0.05, 0.1) is 37.9 Å². The number of ether oxygens (including phenoxy) is 2. The van der Waals surface area contributed by atoms with Crippen molar-refractivity contribution in [2.24, 2.45) is 0 Å². The number of aromatic nitrogens is 2. The second-order valence-electron chi connectivity index (χ2n) is 8.92. The molecule has 0 aliphatic heterocycles. The first-order valence-electron chi connectivity index (χ1n) is 12.5. The highest BCUT2D eigenvalue weighted by Gasteiger charge is 2.28. The van der Waals surface area contributed by atoms with Crippen LogP contribution in [-0.4, -0.2) is 71.6 Å². The molecule has 9 heteroatoms. The fourth-order valence-electron chi connectivity index (χ4n) is 4.80. The van der Waals surface area contributed by atoms with Crippen LogP contribution in [0, 0.1) is 0 Å². The van der Waals surface area contributed by atoms with Crippen LogP contribution in [0.4, 0.5) is 0 Å². The second kappa shape index (κ2) is 12.6. The predicted octanol–water partition coefficient (Wildman–Crippen LogP) is 3.99. The van der Waals surface area contributed by atoms with E-state index in [2.05, 4.69) is 24.1 Å². The lowest BCUT2D eigenvalue weighted by molar-refractivity contribution is -0.137. The molecule has 192 valence electrons. The molecule has 1 heterocycles. The Bertz CT molecular complexity index is 973. The molecular formula is C26H38N4O5. The van der Waals surface area contributed by atoms with E-state index in [1.54, 1.807) is 20.3 Å². The Labute approximate surface area is 207 Å². The highest BCUT2D eigenvalue weighted by molar-refractivity contribution is 5.94. The van der Waals surface area contributed by atoms with Crippen molar-refractivity contribution in [1.29, 1.82) is 0 Å². The maximum atomic E-state index is 13.3. The van der Waals surface area contributed by atoms with Crippen molar-refractivity contribution in [1.82, 2.24) is 20.0 Å². The number of aliphatic carboxylic acids is 1. The van der Waals surface area contributed by atoms with Crippen LogP contribution in [0.25, 0.3) is 11.3 Å². The van der Waals surface area contributed by atoms with E-state index < -0.39 is 12.0 Å². The van der Waals surface area contributed by atoms with Crippen LogP contribution in [0.15, 0.2) is 24.3 Å². The number of carboxylic acid groups (broad SMARTS) is 1. The zero-order valence-corrected chi connectivity index (χ0v) is 21.2. The van der Waals surface area contributed by atoms with Crippen molar-refractivity contribution in [3.8, 4) is 22.8 Å². The average Bonchev–Trinajstić information content (AvgIpc) is 3.53. The first kappa shape index (κ1) is 26.5. The number of nitrogens with zero attached hydrogens (tertiary/aromatic N) is 3. The maximum absolute atomic E-state index is 13.3. The first-order chi connectivity index (χ1) is 16.9. The number of benzene rings is 1. The summed E-state index contributed by atoms with van der Waals surface area (Å²) in [5, 5.41) is 17.0. The largest absolute Gasteiger partial charge is 0.496 e. The molecule has 2 N–H and O–H groups in total. The summed E-state index contributed by atoms with van der Waals surface area (Å²) >= 11 is 0. The van der Waals surface area contributed by atoms with Gasteiger partial charge < -0.3 is 24.8 Å². The summed E-state index contributed by atoms with van der Waals surface area (Å²) < 4.78 is 13.2. The van der Waals surface area contributed by atoms with Gasteiger partial charge in [0.1, 0.15) is 11.5 Å². The molecule has 1 atom stereocenters. The number of carbonyl (C=O) groups is 2. The van der Waals surface area contributed by atoms with Gasteiger partial charge in [0, 0.05) is 12.6 Å². The molecule has 1 aliphatic carbocycles. The average molecular weight is 487 g/mol. The van der Waals surface area contributed by atoms with Gasteiger partial charge in [-0.1, -0.05) is 32.8 Å². The van der Waals surface area contributed by atoms with Crippen LogP contribution in [0.2, 0.25) is 0 Å². The number of hydrogen-bond donors (Lipinski definition) is 2. The third kappa shape index (κ3) is 6.54. The summed E-state index contributed by atoms with van der Waals surface area (Å²) in [6.45, 7) is 6.60. The summed E-state index contributed by atoms with van der Waals surface area (Å²) in [5.41, 5.74) is 1.77. The molecule has 1 amide bonds. The van der Waals surface area contributed by atoms with Gasteiger partial charge in [-0.25, -0.2) is 0 Å². The number of hydrogen-bond acceptors (Lipinski definition) is 6. The summed E-state index contributed by atoms with van der Waals surface area (Å²) in [6, 6.07) is 7.03. The van der Waals surface area contributed by atoms with E-state index in [1.165, 1.54) is 0 Å². The van der Waals surface area contributed by atoms with Gasteiger partial charge in [0.25, 0.3) is 5.91 Å². The third-order valence-electron chi connectivity index (χ3n) is 6.77. The maximum Gasteiger partial charge on any atom is 0.305 e.